The van der Waals surface area contributed by atoms with Gasteiger partial charge in [0.05, 0.1) is 24.2 Å². The lowest BCUT2D eigenvalue weighted by Crippen LogP contribution is -2.30. The molecule has 3 rings (SSSR count). The number of ether oxygens (including phenoxy) is 1. The molecule has 1 heterocycles. The van der Waals surface area contributed by atoms with Crippen LogP contribution in [0, 0.1) is 0 Å². The van der Waals surface area contributed by atoms with Crippen LogP contribution < -0.4 is 9.04 Å². The number of hydrogen-bond acceptors (Lipinski definition) is 4. The quantitative estimate of drug-likeness (QED) is 0.864. The van der Waals surface area contributed by atoms with Crippen LogP contribution in [0.25, 0.3) is 0 Å². The van der Waals surface area contributed by atoms with Crippen molar-refractivity contribution in [2.24, 2.45) is 0 Å². The Morgan fingerprint density at radius 3 is 2.45 bits per heavy atom. The van der Waals surface area contributed by atoms with Gasteiger partial charge in [0, 0.05) is 10.6 Å². The summed E-state index contributed by atoms with van der Waals surface area (Å²) in [6.45, 7) is -0.215. The first-order valence-electron chi connectivity index (χ1n) is 6.43. The van der Waals surface area contributed by atoms with Gasteiger partial charge >= 0.3 is 0 Å². The second-order valence-corrected chi connectivity index (χ2v) is 7.07. The second kappa shape index (κ2) is 5.30. The highest BCUT2D eigenvalue weighted by atomic mass is 35.5. The molecule has 0 N–H and O–H groups in total. The Kier molecular flexibility index (Phi) is 3.58. The molecule has 0 saturated carbocycles. The molecule has 0 saturated heterocycles. The molecule has 2 aromatic carbocycles. The Balaban J connectivity index is 2.08. The summed E-state index contributed by atoms with van der Waals surface area (Å²) in [6, 6.07) is 10.6. The summed E-state index contributed by atoms with van der Waals surface area (Å²) in [6.07, 6.45) is 0. The molecule has 0 atom stereocenters. The number of halogens is 1. The van der Waals surface area contributed by atoms with Gasteiger partial charge in [-0.1, -0.05) is 11.6 Å². The zero-order chi connectivity index (χ0) is 15.9. The third-order valence-corrected chi connectivity index (χ3v) is 5.49. The molecule has 0 radical (unpaired) electrons. The summed E-state index contributed by atoms with van der Waals surface area (Å²) < 4.78 is 31.6. The summed E-state index contributed by atoms with van der Waals surface area (Å²) in [5.74, 6) is 0.254. The van der Waals surface area contributed by atoms with Gasteiger partial charge in [-0.2, -0.15) is 0 Å². The van der Waals surface area contributed by atoms with Crippen molar-refractivity contribution in [1.29, 1.82) is 0 Å². The summed E-state index contributed by atoms with van der Waals surface area (Å²) in [7, 11) is -2.32. The first-order valence-corrected chi connectivity index (χ1v) is 8.25. The fraction of sp³-hybridized carbons (Fsp3) is 0.133. The third-order valence-electron chi connectivity index (χ3n) is 3.46. The van der Waals surface area contributed by atoms with Gasteiger partial charge in [-0.25, -0.2) is 8.42 Å². The molecule has 22 heavy (non-hydrogen) atoms. The van der Waals surface area contributed by atoms with E-state index in [4.69, 9.17) is 16.3 Å². The zero-order valence-corrected chi connectivity index (χ0v) is 13.2. The lowest BCUT2D eigenvalue weighted by Gasteiger charge is -2.18. The first-order chi connectivity index (χ1) is 10.4. The van der Waals surface area contributed by atoms with Crippen molar-refractivity contribution in [3.63, 3.8) is 0 Å². The van der Waals surface area contributed by atoms with E-state index in [9.17, 15) is 13.2 Å². The van der Waals surface area contributed by atoms with E-state index in [1.165, 1.54) is 31.4 Å². The number of rotatable bonds is 3. The number of methoxy groups -OCH3 is 1. The average molecular weight is 338 g/mol. The topological polar surface area (TPSA) is 63.7 Å². The van der Waals surface area contributed by atoms with Gasteiger partial charge in [0.25, 0.3) is 10.0 Å². The standard InChI is InChI=1S/C15H12ClNO4S/c1-21-11-4-7-14-13(8-11)15(18)9-17(14)22(19,20)12-5-2-10(16)3-6-12/h2-8H,9H2,1H3. The Hall–Kier alpha value is -2.05. The van der Waals surface area contributed by atoms with E-state index >= 15 is 0 Å². The van der Waals surface area contributed by atoms with Gasteiger partial charge in [-0.15, -0.1) is 0 Å². The van der Waals surface area contributed by atoms with Crippen LogP contribution in [-0.4, -0.2) is 27.9 Å². The lowest BCUT2D eigenvalue weighted by molar-refractivity contribution is 0.101. The lowest BCUT2D eigenvalue weighted by atomic mass is 10.1. The number of carbonyl (C=O) groups is 1. The van der Waals surface area contributed by atoms with Crippen LogP contribution in [-0.2, 0) is 10.0 Å². The highest BCUT2D eigenvalue weighted by molar-refractivity contribution is 7.93. The van der Waals surface area contributed by atoms with Gasteiger partial charge in [-0.05, 0) is 42.5 Å². The maximum Gasteiger partial charge on any atom is 0.264 e. The Labute approximate surface area is 133 Å². The molecule has 0 bridgehead atoms. The molecule has 0 aliphatic carbocycles. The summed E-state index contributed by atoms with van der Waals surface area (Å²) in [4.78, 5) is 12.2. The van der Waals surface area contributed by atoms with Crippen molar-refractivity contribution in [2.75, 3.05) is 18.0 Å². The van der Waals surface area contributed by atoms with E-state index in [2.05, 4.69) is 0 Å². The van der Waals surface area contributed by atoms with Gasteiger partial charge < -0.3 is 4.74 Å². The molecule has 0 fully saturated rings. The molecule has 114 valence electrons. The summed E-state index contributed by atoms with van der Waals surface area (Å²) in [5, 5.41) is 0.446. The smallest absolute Gasteiger partial charge is 0.264 e. The number of sulfonamides is 1. The first kappa shape index (κ1) is 14.9. The second-order valence-electron chi connectivity index (χ2n) is 4.77. The molecular weight excluding hydrogens is 326 g/mol. The van der Waals surface area contributed by atoms with Gasteiger partial charge in [0.15, 0.2) is 5.78 Å². The van der Waals surface area contributed by atoms with Gasteiger partial charge in [-0.3, -0.25) is 9.10 Å². The Bertz CT molecular complexity index is 846. The van der Waals surface area contributed by atoms with Crippen molar-refractivity contribution < 1.29 is 17.9 Å². The molecule has 7 heteroatoms. The van der Waals surface area contributed by atoms with E-state index in [-0.39, 0.29) is 17.2 Å². The minimum atomic E-state index is -3.81. The van der Waals surface area contributed by atoms with Crippen molar-refractivity contribution in [2.45, 2.75) is 4.90 Å². The number of benzene rings is 2. The Morgan fingerprint density at radius 1 is 1.14 bits per heavy atom. The van der Waals surface area contributed by atoms with E-state index in [1.54, 1.807) is 18.2 Å². The number of Topliss-reactive ketones (excluding diaryl/α,β-unsaturated/α-hetero) is 1. The monoisotopic (exact) mass is 337 g/mol. The fourth-order valence-corrected chi connectivity index (χ4v) is 3.90. The van der Waals surface area contributed by atoms with Crippen LogP contribution >= 0.6 is 11.6 Å². The van der Waals surface area contributed by atoms with Crippen LogP contribution in [0.4, 0.5) is 5.69 Å². The van der Waals surface area contributed by atoms with E-state index in [0.29, 0.717) is 22.0 Å². The van der Waals surface area contributed by atoms with Crippen molar-refractivity contribution in [3.8, 4) is 5.75 Å². The van der Waals surface area contributed by atoms with Gasteiger partial charge in [0.2, 0.25) is 0 Å². The molecule has 2 aromatic rings. The predicted molar refractivity (Wildman–Crippen MR) is 83.3 cm³/mol. The van der Waals surface area contributed by atoms with Crippen molar-refractivity contribution in [3.05, 3.63) is 53.1 Å². The summed E-state index contributed by atoms with van der Waals surface area (Å²) in [5.41, 5.74) is 0.706. The fourth-order valence-electron chi connectivity index (χ4n) is 2.33. The SMILES string of the molecule is COc1ccc2c(c1)C(=O)CN2S(=O)(=O)c1ccc(Cl)cc1. The van der Waals surface area contributed by atoms with Gasteiger partial charge in [0.1, 0.15) is 5.75 Å². The van der Waals surface area contributed by atoms with Crippen LogP contribution in [0.1, 0.15) is 10.4 Å². The number of nitrogens with zero attached hydrogens (tertiary/aromatic N) is 1. The third kappa shape index (κ3) is 2.34. The predicted octanol–water partition coefficient (Wildman–Crippen LogP) is 2.74. The molecule has 0 spiro atoms. The van der Waals surface area contributed by atoms with E-state index < -0.39 is 10.0 Å². The largest absolute Gasteiger partial charge is 0.497 e. The average Bonchev–Trinajstić information content (AvgIpc) is 2.85. The molecular formula is C15H12ClNO4S. The highest BCUT2D eigenvalue weighted by Gasteiger charge is 2.35. The number of hydrogen-bond donors (Lipinski definition) is 0. The molecule has 1 aliphatic rings. The van der Waals surface area contributed by atoms with Crippen molar-refractivity contribution >= 4 is 33.1 Å². The summed E-state index contributed by atoms with van der Waals surface area (Å²) >= 11 is 5.78. The molecule has 5 nitrogen and oxygen atoms in total. The number of ketones is 1. The van der Waals surface area contributed by atoms with Crippen LogP contribution in [0.3, 0.4) is 0 Å². The molecule has 0 unspecified atom stereocenters. The molecule has 1 aliphatic heterocycles. The van der Waals surface area contributed by atoms with Crippen molar-refractivity contribution in [1.82, 2.24) is 0 Å². The number of anilines is 1. The Morgan fingerprint density at radius 2 is 1.82 bits per heavy atom. The van der Waals surface area contributed by atoms with E-state index in [1.807, 2.05) is 0 Å². The van der Waals surface area contributed by atoms with E-state index in [0.717, 1.165) is 4.31 Å². The number of carbonyl (C=O) groups excluding carboxylic acids is 1. The van der Waals surface area contributed by atoms with Crippen LogP contribution in [0.15, 0.2) is 47.4 Å². The minimum absolute atomic E-state index is 0.0911. The zero-order valence-electron chi connectivity index (χ0n) is 11.6. The minimum Gasteiger partial charge on any atom is -0.497 e. The van der Waals surface area contributed by atoms with Crippen LogP contribution in [0.2, 0.25) is 5.02 Å². The maximum absolute atomic E-state index is 12.7. The molecule has 0 amide bonds. The normalized spacial score (nSPS) is 14.1. The number of fused-ring (bicyclic) bond motifs is 1. The highest BCUT2D eigenvalue weighted by Crippen LogP contribution is 2.35. The van der Waals surface area contributed by atoms with Crippen LogP contribution in [0.5, 0.6) is 5.75 Å². The molecule has 0 aromatic heterocycles. The maximum atomic E-state index is 12.7.